The van der Waals surface area contributed by atoms with Crippen molar-refractivity contribution in [3.05, 3.63) is 207 Å². The zero-order chi connectivity index (χ0) is 42.8. The van der Waals surface area contributed by atoms with E-state index in [0.717, 1.165) is 61.0 Å². The second-order valence-electron chi connectivity index (χ2n) is 15.8. The Bertz CT molecular complexity index is 3740. The van der Waals surface area contributed by atoms with E-state index < -0.39 is 9.84 Å². The summed E-state index contributed by atoms with van der Waals surface area (Å²) in [6.45, 7) is 0. The maximum absolute atomic E-state index is 15.6. The molecule has 0 bridgehead atoms. The molecule has 1 aliphatic rings. The van der Waals surface area contributed by atoms with E-state index in [0.29, 0.717) is 50.8 Å². The highest BCUT2D eigenvalue weighted by atomic mass is 32.2. The highest BCUT2D eigenvalue weighted by molar-refractivity contribution is 7.91. The number of para-hydroxylation sites is 1. The van der Waals surface area contributed by atoms with Gasteiger partial charge in [-0.1, -0.05) is 158 Å². The van der Waals surface area contributed by atoms with Crippen LogP contribution in [0.25, 0.3) is 112 Å². The lowest BCUT2D eigenvalue weighted by atomic mass is 9.85. The van der Waals surface area contributed by atoms with Gasteiger partial charge < -0.3 is 4.42 Å². The summed E-state index contributed by atoms with van der Waals surface area (Å²) < 4.78 is 37.8. The molecule has 11 aromatic rings. The van der Waals surface area contributed by atoms with Crippen LogP contribution < -0.4 is 0 Å². The first-order valence-electron chi connectivity index (χ1n) is 20.9. The van der Waals surface area contributed by atoms with Crippen molar-refractivity contribution in [2.75, 3.05) is 0 Å². The van der Waals surface area contributed by atoms with E-state index in [1.165, 1.54) is 0 Å². The average Bonchev–Trinajstić information content (AvgIpc) is 3.73. The van der Waals surface area contributed by atoms with Gasteiger partial charge in [0.15, 0.2) is 11.6 Å². The van der Waals surface area contributed by atoms with Gasteiger partial charge in [-0.3, -0.25) is 0 Å². The molecule has 0 saturated carbocycles. The summed E-state index contributed by atoms with van der Waals surface area (Å²) in [7, 11) is -4.20. The van der Waals surface area contributed by atoms with Crippen LogP contribution in [-0.2, 0) is 9.84 Å². The quantitative estimate of drug-likeness (QED) is 0.174. The molecule has 0 aliphatic carbocycles. The molecule has 0 fully saturated rings. The molecule has 0 amide bonds. The minimum Gasteiger partial charge on any atom is -0.456 e. The summed E-state index contributed by atoms with van der Waals surface area (Å²) in [5.41, 5.74) is 12.3. The van der Waals surface area contributed by atoms with Gasteiger partial charge in [-0.05, 0) is 69.8 Å². The molecule has 8 heteroatoms. The fraction of sp³-hybridized carbons (Fsp3) is 0. The Labute approximate surface area is 369 Å². The summed E-state index contributed by atoms with van der Waals surface area (Å²) >= 11 is 0. The van der Waals surface area contributed by atoms with E-state index in [1.54, 1.807) is 30.6 Å². The lowest BCUT2D eigenvalue weighted by molar-refractivity contribution is 0.596. The second-order valence-corrected chi connectivity index (χ2v) is 17.7. The number of nitrogens with zero attached hydrogens (tertiary/aromatic N) is 4. The summed E-state index contributed by atoms with van der Waals surface area (Å²) in [5, 5.41) is 1.56. The van der Waals surface area contributed by atoms with Gasteiger partial charge in [-0.25, -0.2) is 28.4 Å². The van der Waals surface area contributed by atoms with Crippen LogP contribution in [0.5, 0.6) is 0 Å². The summed E-state index contributed by atoms with van der Waals surface area (Å²) in [6.07, 6.45) is 3.51. The maximum Gasteiger partial charge on any atom is 0.207 e. The molecule has 0 radical (unpaired) electrons. The molecule has 0 atom stereocenters. The van der Waals surface area contributed by atoms with Crippen LogP contribution in [0.2, 0.25) is 0 Å². The van der Waals surface area contributed by atoms with Gasteiger partial charge in [-0.2, -0.15) is 0 Å². The van der Waals surface area contributed by atoms with Crippen molar-refractivity contribution in [2.24, 2.45) is 0 Å². The van der Waals surface area contributed by atoms with Gasteiger partial charge in [0.25, 0.3) is 0 Å². The van der Waals surface area contributed by atoms with Crippen molar-refractivity contribution >= 4 is 31.8 Å². The van der Waals surface area contributed by atoms with E-state index in [9.17, 15) is 0 Å². The van der Waals surface area contributed by atoms with E-state index in [1.807, 2.05) is 140 Å². The van der Waals surface area contributed by atoms with Crippen LogP contribution in [0.15, 0.2) is 221 Å². The largest absolute Gasteiger partial charge is 0.456 e. The minimum absolute atomic E-state index is 0.179. The van der Waals surface area contributed by atoms with Crippen molar-refractivity contribution in [1.82, 2.24) is 19.9 Å². The number of hydrogen-bond acceptors (Lipinski definition) is 7. The van der Waals surface area contributed by atoms with E-state index >= 15 is 8.42 Å². The molecule has 64 heavy (non-hydrogen) atoms. The van der Waals surface area contributed by atoms with Crippen LogP contribution >= 0.6 is 0 Å². The first kappa shape index (κ1) is 37.4. The number of aromatic nitrogens is 4. The first-order chi connectivity index (χ1) is 31.5. The number of sulfone groups is 1. The lowest BCUT2D eigenvalue weighted by Gasteiger charge is -2.18. The molecular weight excluding hydrogens is 809 g/mol. The van der Waals surface area contributed by atoms with Crippen LogP contribution in [-0.4, -0.2) is 28.4 Å². The maximum atomic E-state index is 15.6. The van der Waals surface area contributed by atoms with Crippen molar-refractivity contribution < 1.29 is 12.8 Å². The Morgan fingerprint density at radius 2 is 0.891 bits per heavy atom. The summed E-state index contributed by atoms with van der Waals surface area (Å²) in [4.78, 5) is 20.0. The van der Waals surface area contributed by atoms with Crippen LogP contribution in [0, 0.1) is 0 Å². The highest BCUT2D eigenvalue weighted by Gasteiger charge is 2.31. The zero-order valence-electron chi connectivity index (χ0n) is 34.1. The molecule has 3 aromatic heterocycles. The molecule has 0 saturated heterocycles. The van der Waals surface area contributed by atoms with Gasteiger partial charge in [0.1, 0.15) is 11.2 Å². The molecule has 0 N–H and O–H groups in total. The number of benzene rings is 8. The monoisotopic (exact) mass is 842 g/mol. The molecule has 1 aliphatic heterocycles. The predicted molar refractivity (Wildman–Crippen MR) is 254 cm³/mol. The molecule has 4 heterocycles. The normalized spacial score (nSPS) is 12.6. The third-order valence-corrected chi connectivity index (χ3v) is 13.9. The summed E-state index contributed by atoms with van der Waals surface area (Å²) in [5.74, 6) is 1.06. The third kappa shape index (κ3) is 6.22. The van der Waals surface area contributed by atoms with Gasteiger partial charge in [0.05, 0.1) is 26.7 Å². The Kier molecular flexibility index (Phi) is 8.74. The minimum atomic E-state index is -4.20. The molecule has 0 spiro atoms. The Morgan fingerprint density at radius 3 is 1.58 bits per heavy atom. The first-order valence-corrected chi connectivity index (χ1v) is 22.4. The molecule has 12 rings (SSSR count). The van der Waals surface area contributed by atoms with Gasteiger partial charge >= 0.3 is 0 Å². The van der Waals surface area contributed by atoms with Crippen LogP contribution in [0.1, 0.15) is 0 Å². The molecular formula is C56H34N4O3S. The molecule has 302 valence electrons. The van der Waals surface area contributed by atoms with Gasteiger partial charge in [0.2, 0.25) is 9.84 Å². The standard InChI is InChI=1S/C56H34N4O3S/c61-64(62)53-26-14-12-24-45(53)42-22-10-9-20-40(42)39-19-7-8-21-41(39)43-28-27-37(29-46(43)48-30-52-47(31-54(48)64)44-23-11-13-25-51(44)63-52)50-32-49(35-15-3-1-4-16-35)59-56(60-50)38-33-57-55(58-34-38)36-17-5-2-6-18-36/h1-34H. The third-order valence-electron chi connectivity index (χ3n) is 12.0. The lowest BCUT2D eigenvalue weighted by Crippen LogP contribution is -2.06. The molecule has 8 aromatic carbocycles. The van der Waals surface area contributed by atoms with E-state index in [-0.39, 0.29) is 9.79 Å². The Balaban J connectivity index is 1.15. The van der Waals surface area contributed by atoms with Gasteiger partial charge in [0, 0.05) is 51.0 Å². The smallest absolute Gasteiger partial charge is 0.207 e. The highest BCUT2D eigenvalue weighted by Crippen LogP contribution is 2.49. The van der Waals surface area contributed by atoms with Crippen molar-refractivity contribution in [3.63, 3.8) is 0 Å². The van der Waals surface area contributed by atoms with Crippen molar-refractivity contribution in [2.45, 2.75) is 9.79 Å². The van der Waals surface area contributed by atoms with Crippen molar-refractivity contribution in [3.8, 4) is 89.8 Å². The van der Waals surface area contributed by atoms with Crippen molar-refractivity contribution in [1.29, 1.82) is 0 Å². The molecule has 7 nitrogen and oxygen atoms in total. The topological polar surface area (TPSA) is 98.8 Å². The van der Waals surface area contributed by atoms with Crippen LogP contribution in [0.3, 0.4) is 0 Å². The van der Waals surface area contributed by atoms with E-state index in [4.69, 9.17) is 24.4 Å². The van der Waals surface area contributed by atoms with E-state index in [2.05, 4.69) is 36.4 Å². The number of furan rings is 1. The fourth-order valence-electron chi connectivity index (χ4n) is 8.95. The zero-order valence-corrected chi connectivity index (χ0v) is 34.9. The summed E-state index contributed by atoms with van der Waals surface area (Å²) in [6, 6.07) is 63.0. The Hall–Kier alpha value is -8.33. The number of rotatable bonds is 4. The predicted octanol–water partition coefficient (Wildman–Crippen LogP) is 13.6. The average molecular weight is 843 g/mol. The Morgan fingerprint density at radius 1 is 0.344 bits per heavy atom. The molecule has 0 unspecified atom stereocenters. The fourth-order valence-corrected chi connectivity index (χ4v) is 10.6. The number of hydrogen-bond donors (Lipinski definition) is 0. The van der Waals surface area contributed by atoms with Gasteiger partial charge in [-0.15, -0.1) is 0 Å². The second kappa shape index (κ2) is 14.9. The SMILES string of the molecule is O=S1(=O)c2ccccc2-c2ccccc2-c2ccccc2-c2ccc(-c3cc(-c4ccccc4)nc(-c4cnc(-c5ccccc5)nc4)n3)cc2-c2cc3oc4ccccc4c3cc21. The van der Waals surface area contributed by atoms with Crippen LogP contribution in [0.4, 0.5) is 0 Å². The number of fused-ring (bicyclic) bond motifs is 12.